The van der Waals surface area contributed by atoms with Gasteiger partial charge in [-0.1, -0.05) is 12.1 Å². The highest BCUT2D eigenvalue weighted by Gasteiger charge is 2.30. The summed E-state index contributed by atoms with van der Waals surface area (Å²) in [6.45, 7) is -0.0899. The lowest BCUT2D eigenvalue weighted by Crippen LogP contribution is -2.06. The Balaban J connectivity index is 2.88. The van der Waals surface area contributed by atoms with Gasteiger partial charge in [0.2, 0.25) is 0 Å². The van der Waals surface area contributed by atoms with Gasteiger partial charge in [0.1, 0.15) is 0 Å². The molecule has 0 aromatic heterocycles. The van der Waals surface area contributed by atoms with Crippen molar-refractivity contribution in [3.8, 4) is 6.07 Å². The van der Waals surface area contributed by atoms with Crippen molar-refractivity contribution in [2.75, 3.05) is 6.61 Å². The predicted octanol–water partition coefficient (Wildman–Crippen LogP) is 3.09. The van der Waals surface area contributed by atoms with Crippen LogP contribution in [0.2, 0.25) is 0 Å². The van der Waals surface area contributed by atoms with E-state index in [1.54, 1.807) is 0 Å². The van der Waals surface area contributed by atoms with Gasteiger partial charge in [0.15, 0.2) is 0 Å². The maximum absolute atomic E-state index is 12.3. The predicted molar refractivity (Wildman–Crippen MR) is 56.1 cm³/mol. The van der Waals surface area contributed by atoms with Crippen LogP contribution < -0.4 is 0 Å². The number of nitrogens with zero attached hydrogens (tertiary/aromatic N) is 1. The Morgan fingerprint density at radius 3 is 2.24 bits per heavy atom. The molecule has 1 aromatic rings. The van der Waals surface area contributed by atoms with E-state index in [1.165, 1.54) is 12.1 Å². The molecule has 0 bridgehead atoms. The third-order valence-corrected chi connectivity index (χ3v) is 2.52. The fourth-order valence-corrected chi connectivity index (χ4v) is 1.60. The molecule has 0 fully saturated rings. The lowest BCUT2D eigenvalue weighted by Gasteiger charge is -2.14. The number of hydrogen-bond acceptors (Lipinski definition) is 2. The van der Waals surface area contributed by atoms with Gasteiger partial charge in [0.05, 0.1) is 11.6 Å². The fourth-order valence-electron chi connectivity index (χ4n) is 1.60. The van der Waals surface area contributed by atoms with Gasteiger partial charge in [-0.2, -0.15) is 18.4 Å². The molecule has 17 heavy (non-hydrogen) atoms. The molecular weight excluding hydrogens is 231 g/mol. The van der Waals surface area contributed by atoms with Crippen LogP contribution in [0.15, 0.2) is 24.3 Å². The quantitative estimate of drug-likeness (QED) is 0.883. The second-order valence-corrected chi connectivity index (χ2v) is 3.69. The van der Waals surface area contributed by atoms with Gasteiger partial charge in [0.25, 0.3) is 0 Å². The SMILES string of the molecule is N#CCC(CCO)c1ccc(C(F)(F)F)cc1. The molecule has 1 unspecified atom stereocenters. The third kappa shape index (κ3) is 3.75. The van der Waals surface area contributed by atoms with Crippen LogP contribution >= 0.6 is 0 Å². The standard InChI is InChI=1S/C12H12F3NO/c13-12(14,15)11-3-1-9(2-4-11)10(5-7-16)6-8-17/h1-4,10,17H,5-6,8H2. The Morgan fingerprint density at radius 1 is 1.24 bits per heavy atom. The average Bonchev–Trinajstić information content (AvgIpc) is 2.28. The van der Waals surface area contributed by atoms with E-state index in [4.69, 9.17) is 10.4 Å². The summed E-state index contributed by atoms with van der Waals surface area (Å²) in [7, 11) is 0. The van der Waals surface area contributed by atoms with Crippen LogP contribution in [0, 0.1) is 11.3 Å². The largest absolute Gasteiger partial charge is 0.416 e. The summed E-state index contributed by atoms with van der Waals surface area (Å²) in [5, 5.41) is 17.4. The maximum atomic E-state index is 12.3. The molecule has 2 nitrogen and oxygen atoms in total. The average molecular weight is 243 g/mol. The van der Waals surface area contributed by atoms with Crippen molar-refractivity contribution in [1.29, 1.82) is 5.26 Å². The highest BCUT2D eigenvalue weighted by Crippen LogP contribution is 2.31. The summed E-state index contributed by atoms with van der Waals surface area (Å²) in [5.41, 5.74) is -0.0606. The Labute approximate surface area is 97.3 Å². The van der Waals surface area contributed by atoms with E-state index >= 15 is 0 Å². The first-order valence-electron chi connectivity index (χ1n) is 5.14. The highest BCUT2D eigenvalue weighted by molar-refractivity contribution is 5.27. The van der Waals surface area contributed by atoms with Crippen molar-refractivity contribution >= 4 is 0 Å². The number of benzene rings is 1. The molecular formula is C12H12F3NO. The van der Waals surface area contributed by atoms with E-state index in [-0.39, 0.29) is 18.9 Å². The fraction of sp³-hybridized carbons (Fsp3) is 0.417. The van der Waals surface area contributed by atoms with Crippen LogP contribution in [-0.2, 0) is 6.18 Å². The van der Waals surface area contributed by atoms with Crippen LogP contribution in [0.25, 0.3) is 0 Å². The van der Waals surface area contributed by atoms with Crippen molar-refractivity contribution in [2.45, 2.75) is 24.9 Å². The number of aliphatic hydroxyl groups excluding tert-OH is 1. The molecule has 0 saturated heterocycles. The molecule has 0 aliphatic heterocycles. The summed E-state index contributed by atoms with van der Waals surface area (Å²) in [6, 6.07) is 6.68. The molecule has 0 aliphatic rings. The number of rotatable bonds is 4. The monoisotopic (exact) mass is 243 g/mol. The van der Waals surface area contributed by atoms with Crippen LogP contribution in [-0.4, -0.2) is 11.7 Å². The van der Waals surface area contributed by atoms with Crippen LogP contribution in [0.1, 0.15) is 29.9 Å². The minimum atomic E-state index is -4.35. The van der Waals surface area contributed by atoms with E-state index in [1.807, 2.05) is 6.07 Å². The molecule has 1 atom stereocenters. The normalized spacial score (nSPS) is 13.1. The zero-order chi connectivity index (χ0) is 12.9. The van der Waals surface area contributed by atoms with Crippen LogP contribution in [0.4, 0.5) is 13.2 Å². The number of halogens is 3. The van der Waals surface area contributed by atoms with Gasteiger partial charge in [0, 0.05) is 13.0 Å². The maximum Gasteiger partial charge on any atom is 0.416 e. The van der Waals surface area contributed by atoms with Gasteiger partial charge in [-0.25, -0.2) is 0 Å². The highest BCUT2D eigenvalue weighted by atomic mass is 19.4. The molecule has 92 valence electrons. The molecule has 0 saturated carbocycles. The Hall–Kier alpha value is -1.54. The Bertz CT molecular complexity index is 392. The second kappa shape index (κ2) is 5.69. The number of nitriles is 1. The van der Waals surface area contributed by atoms with Gasteiger partial charge < -0.3 is 5.11 Å². The summed E-state index contributed by atoms with van der Waals surface area (Å²) in [5.74, 6) is -0.215. The number of hydrogen-bond donors (Lipinski definition) is 1. The van der Waals surface area contributed by atoms with E-state index < -0.39 is 11.7 Å². The molecule has 0 spiro atoms. The Morgan fingerprint density at radius 2 is 1.82 bits per heavy atom. The van der Waals surface area contributed by atoms with Crippen molar-refractivity contribution < 1.29 is 18.3 Å². The summed E-state index contributed by atoms with van der Waals surface area (Å²) < 4.78 is 37.0. The summed E-state index contributed by atoms with van der Waals surface area (Å²) >= 11 is 0. The van der Waals surface area contributed by atoms with Gasteiger partial charge >= 0.3 is 6.18 Å². The van der Waals surface area contributed by atoms with Gasteiger partial charge in [-0.05, 0) is 30.0 Å². The molecule has 0 heterocycles. The zero-order valence-electron chi connectivity index (χ0n) is 9.04. The van der Waals surface area contributed by atoms with E-state index in [0.717, 1.165) is 12.1 Å². The van der Waals surface area contributed by atoms with Crippen molar-refractivity contribution in [1.82, 2.24) is 0 Å². The van der Waals surface area contributed by atoms with Crippen LogP contribution in [0.3, 0.4) is 0 Å². The number of alkyl halides is 3. The van der Waals surface area contributed by atoms with Crippen LogP contribution in [0.5, 0.6) is 0 Å². The molecule has 1 N–H and O–H groups in total. The lowest BCUT2D eigenvalue weighted by molar-refractivity contribution is -0.137. The number of aliphatic hydroxyl groups is 1. The van der Waals surface area contributed by atoms with Gasteiger partial charge in [-0.15, -0.1) is 0 Å². The first-order chi connectivity index (χ1) is 7.99. The molecule has 1 rings (SSSR count). The summed E-state index contributed by atoms with van der Waals surface area (Å²) in [6.07, 6.45) is -3.79. The molecule has 0 amide bonds. The zero-order valence-corrected chi connectivity index (χ0v) is 9.04. The second-order valence-electron chi connectivity index (χ2n) is 3.69. The van der Waals surface area contributed by atoms with E-state index in [9.17, 15) is 13.2 Å². The molecule has 5 heteroatoms. The molecule has 0 aliphatic carbocycles. The van der Waals surface area contributed by atoms with E-state index in [2.05, 4.69) is 0 Å². The first-order valence-corrected chi connectivity index (χ1v) is 5.14. The Kier molecular flexibility index (Phi) is 4.53. The first kappa shape index (κ1) is 13.5. The van der Waals surface area contributed by atoms with Gasteiger partial charge in [-0.3, -0.25) is 0 Å². The lowest BCUT2D eigenvalue weighted by atomic mass is 9.92. The topological polar surface area (TPSA) is 44.0 Å². The summed E-state index contributed by atoms with van der Waals surface area (Å²) in [4.78, 5) is 0. The van der Waals surface area contributed by atoms with Crippen molar-refractivity contribution in [3.63, 3.8) is 0 Å². The van der Waals surface area contributed by atoms with Crippen molar-refractivity contribution in [3.05, 3.63) is 35.4 Å². The minimum Gasteiger partial charge on any atom is -0.396 e. The third-order valence-electron chi connectivity index (χ3n) is 2.52. The molecule has 1 aromatic carbocycles. The van der Waals surface area contributed by atoms with E-state index in [0.29, 0.717) is 12.0 Å². The van der Waals surface area contributed by atoms with Crippen molar-refractivity contribution in [2.24, 2.45) is 0 Å². The smallest absolute Gasteiger partial charge is 0.396 e. The molecule has 0 radical (unpaired) electrons. The minimum absolute atomic E-state index is 0.0899.